The highest BCUT2D eigenvalue weighted by Gasteiger charge is 2.14. The van der Waals surface area contributed by atoms with Crippen molar-refractivity contribution in [2.45, 2.75) is 39.0 Å². The molecule has 0 amide bonds. The van der Waals surface area contributed by atoms with Crippen molar-refractivity contribution in [3.05, 3.63) is 78.2 Å². The van der Waals surface area contributed by atoms with Crippen molar-refractivity contribution in [3.8, 4) is 0 Å². The second kappa shape index (κ2) is 14.2. The first-order chi connectivity index (χ1) is 16.7. The number of benzene rings is 1. The molecule has 35 heavy (non-hydrogen) atoms. The van der Waals surface area contributed by atoms with Crippen LogP contribution in [0.5, 0.6) is 0 Å². The molecule has 14 heteroatoms. The maximum absolute atomic E-state index is 8.25. The van der Waals surface area contributed by atoms with E-state index < -0.39 is 10.2 Å². The molecule has 1 aliphatic rings. The average Bonchev–Trinajstić information content (AvgIpc) is 3.30. The van der Waals surface area contributed by atoms with Crippen LogP contribution in [0.4, 0.5) is 10.8 Å². The van der Waals surface area contributed by atoms with E-state index in [4.69, 9.17) is 35.6 Å². The van der Waals surface area contributed by atoms with Crippen molar-refractivity contribution in [2.75, 3.05) is 17.2 Å². The van der Waals surface area contributed by atoms with E-state index in [1.54, 1.807) is 17.5 Å². The first-order valence-corrected chi connectivity index (χ1v) is 11.6. The van der Waals surface area contributed by atoms with Crippen LogP contribution in [-0.4, -0.2) is 32.6 Å². The molecule has 0 atom stereocenters. The van der Waals surface area contributed by atoms with Gasteiger partial charge in [-0.3, -0.25) is 9.98 Å². The number of aliphatic imine (C=N–C) groups is 1. The number of para-hydroxylation sites is 1. The van der Waals surface area contributed by atoms with E-state index in [-0.39, 0.29) is 0 Å². The van der Waals surface area contributed by atoms with Crippen LogP contribution in [0.15, 0.2) is 46.9 Å². The maximum atomic E-state index is 8.25. The number of aryl methyl sites for hydroxylation is 1. The molecule has 1 saturated carbocycles. The normalized spacial score (nSPS) is 13.6. The molecule has 1 aromatic carbocycles. The molecular formula is C21H25N7O6S-2. The van der Waals surface area contributed by atoms with E-state index in [9.17, 15) is 0 Å². The topological polar surface area (TPSA) is 195 Å². The molecule has 0 radical (unpaired) electrons. The highest BCUT2D eigenvalue weighted by atomic mass is 32.1. The zero-order chi connectivity index (χ0) is 25.6. The van der Waals surface area contributed by atoms with E-state index >= 15 is 0 Å². The number of pyridine rings is 1. The van der Waals surface area contributed by atoms with Gasteiger partial charge in [0.25, 0.3) is 0 Å². The third-order valence-corrected chi connectivity index (χ3v) is 5.68. The van der Waals surface area contributed by atoms with Crippen LogP contribution in [0, 0.1) is 43.5 Å². The van der Waals surface area contributed by atoms with Gasteiger partial charge in [0, 0.05) is 29.2 Å². The Bertz CT molecular complexity index is 1100. The fourth-order valence-corrected chi connectivity index (χ4v) is 4.15. The Morgan fingerprint density at radius 2 is 1.74 bits per heavy atom. The van der Waals surface area contributed by atoms with Crippen LogP contribution in [0.1, 0.15) is 37.8 Å². The minimum absolute atomic E-state index is 0.685. The molecule has 1 fully saturated rings. The Morgan fingerprint density at radius 3 is 2.37 bits per heavy atom. The van der Waals surface area contributed by atoms with Crippen LogP contribution < -0.4 is 10.6 Å². The van der Waals surface area contributed by atoms with Gasteiger partial charge in [-0.2, -0.15) is 0 Å². The van der Waals surface area contributed by atoms with Crippen molar-refractivity contribution >= 4 is 39.0 Å². The first-order valence-electron chi connectivity index (χ1n) is 10.7. The summed E-state index contributed by atoms with van der Waals surface area (Å²) in [5.74, 6) is 1.44. The zero-order valence-corrected chi connectivity index (χ0v) is 19.8. The van der Waals surface area contributed by atoms with Crippen molar-refractivity contribution < 1.29 is 10.2 Å². The molecule has 2 heterocycles. The Hall–Kier alpha value is -4.07. The molecule has 0 aliphatic heterocycles. The van der Waals surface area contributed by atoms with Gasteiger partial charge in [-0.1, -0.05) is 37.5 Å². The minimum Gasteiger partial charge on any atom is -0.356 e. The molecular weight excluding hydrogens is 478 g/mol. The predicted molar refractivity (Wildman–Crippen MR) is 135 cm³/mol. The van der Waals surface area contributed by atoms with Gasteiger partial charge in [-0.05, 0) is 37.8 Å². The summed E-state index contributed by atoms with van der Waals surface area (Å²) in [6.45, 7) is 2.87. The van der Waals surface area contributed by atoms with Gasteiger partial charge in [0.1, 0.15) is 0 Å². The lowest BCUT2D eigenvalue weighted by Gasteiger charge is -2.20. The van der Waals surface area contributed by atoms with Crippen molar-refractivity contribution in [3.63, 3.8) is 0 Å². The second-order valence-electron chi connectivity index (χ2n) is 7.56. The van der Waals surface area contributed by atoms with Crippen LogP contribution in [0.2, 0.25) is 0 Å². The van der Waals surface area contributed by atoms with Gasteiger partial charge >= 0.3 is 0 Å². The molecule has 0 bridgehead atoms. The molecule has 0 spiro atoms. The lowest BCUT2D eigenvalue weighted by molar-refractivity contribution is -0.403. The van der Waals surface area contributed by atoms with Gasteiger partial charge in [-0.25, -0.2) is 4.98 Å². The van der Waals surface area contributed by atoms with E-state index in [2.05, 4.69) is 32.7 Å². The van der Waals surface area contributed by atoms with Crippen LogP contribution in [0.25, 0.3) is 10.9 Å². The Balaban J connectivity index is 0.000000473. The number of thiazole rings is 1. The van der Waals surface area contributed by atoms with Crippen LogP contribution in [-0.2, 0) is 0 Å². The third kappa shape index (κ3) is 10.6. The van der Waals surface area contributed by atoms with E-state index in [1.165, 1.54) is 32.1 Å². The molecule has 2 aromatic heterocycles. The molecule has 2 N–H and O–H groups in total. The quantitative estimate of drug-likeness (QED) is 0.212. The largest absolute Gasteiger partial charge is 0.356 e. The number of nitrogens with one attached hydrogen (secondary N) is 2. The predicted octanol–water partition coefficient (Wildman–Crippen LogP) is 4.98. The lowest BCUT2D eigenvalue weighted by atomic mass is 9.89. The standard InChI is InChI=1S/C21H25N5S.2NO3/c1-15-13-19(17-9-5-6-10-18(17)24-15)25-20(26-21-22-11-12-27-21)23-14-16-7-3-2-4-8-16;2*2-1(3)4/h5-6,9-13,16H,2-4,7-8,14H2,1H3,(H2,22,23,24,25,26);;/q;2*-1. The van der Waals surface area contributed by atoms with Gasteiger partial charge in [0.05, 0.1) is 21.4 Å². The Labute approximate surface area is 204 Å². The third-order valence-electron chi connectivity index (χ3n) is 4.99. The number of rotatable bonds is 4. The number of anilines is 2. The minimum atomic E-state index is -1.75. The summed E-state index contributed by atoms with van der Waals surface area (Å²) in [5, 5.41) is 40.3. The average molecular weight is 504 g/mol. The Kier molecular flexibility index (Phi) is 11.1. The van der Waals surface area contributed by atoms with Gasteiger partial charge in [-0.15, -0.1) is 11.3 Å². The summed E-state index contributed by atoms with van der Waals surface area (Å²) in [7, 11) is 0. The maximum Gasteiger partial charge on any atom is 0.202 e. The van der Waals surface area contributed by atoms with Crippen LogP contribution >= 0.6 is 11.3 Å². The summed E-state index contributed by atoms with van der Waals surface area (Å²) in [6, 6.07) is 10.3. The van der Waals surface area contributed by atoms with Gasteiger partial charge < -0.3 is 41.3 Å². The number of nitrogens with zero attached hydrogens (tertiary/aromatic N) is 5. The zero-order valence-electron chi connectivity index (χ0n) is 19.0. The number of hydrogen-bond acceptors (Lipinski definition) is 10. The summed E-state index contributed by atoms with van der Waals surface area (Å²) < 4.78 is 0. The lowest BCUT2D eigenvalue weighted by Crippen LogP contribution is -2.24. The van der Waals surface area contributed by atoms with Crippen molar-refractivity contribution in [1.29, 1.82) is 0 Å². The highest BCUT2D eigenvalue weighted by Crippen LogP contribution is 2.25. The number of fused-ring (bicyclic) bond motifs is 1. The van der Waals surface area contributed by atoms with E-state index in [0.717, 1.165) is 39.9 Å². The summed E-state index contributed by atoms with van der Waals surface area (Å²) in [4.78, 5) is 30.4. The van der Waals surface area contributed by atoms with E-state index in [0.29, 0.717) is 5.92 Å². The fraction of sp³-hybridized carbons (Fsp3) is 0.381. The van der Waals surface area contributed by atoms with Crippen molar-refractivity contribution in [2.24, 2.45) is 10.9 Å². The summed E-state index contributed by atoms with van der Waals surface area (Å²) in [6.07, 6.45) is 8.40. The van der Waals surface area contributed by atoms with Gasteiger partial charge in [0.2, 0.25) is 5.96 Å². The fourth-order valence-electron chi connectivity index (χ4n) is 3.63. The molecule has 0 saturated heterocycles. The summed E-state index contributed by atoms with van der Waals surface area (Å²) >= 11 is 1.57. The molecule has 188 valence electrons. The number of aromatic nitrogens is 2. The molecule has 3 aromatic rings. The van der Waals surface area contributed by atoms with E-state index in [1.807, 2.05) is 30.5 Å². The van der Waals surface area contributed by atoms with Crippen LogP contribution in [0.3, 0.4) is 0 Å². The second-order valence-corrected chi connectivity index (χ2v) is 8.45. The SMILES string of the molecule is Cc1cc(NC(=NCC2CCCCC2)Nc2nccs2)c2ccccc2n1.O=[N+]([O-])[O-].O=[N+]([O-])[O-]. The first kappa shape index (κ1) is 27.2. The monoisotopic (exact) mass is 503 g/mol. The smallest absolute Gasteiger partial charge is 0.202 e. The highest BCUT2D eigenvalue weighted by molar-refractivity contribution is 7.13. The van der Waals surface area contributed by atoms with Gasteiger partial charge in [0.15, 0.2) is 5.13 Å². The molecule has 0 unspecified atom stereocenters. The Morgan fingerprint density at radius 1 is 1.09 bits per heavy atom. The number of guanidine groups is 1. The molecule has 4 rings (SSSR count). The summed E-state index contributed by atoms with van der Waals surface area (Å²) in [5.41, 5.74) is 2.99. The number of hydrogen-bond donors (Lipinski definition) is 2. The van der Waals surface area contributed by atoms with Crippen molar-refractivity contribution in [1.82, 2.24) is 9.97 Å². The molecule has 1 aliphatic carbocycles. The molecule has 13 nitrogen and oxygen atoms in total.